The first-order valence-electron chi connectivity index (χ1n) is 5.09. The molecule has 1 rings (SSSR count). The molecule has 0 N–H and O–H groups in total. The van der Waals surface area contributed by atoms with Crippen LogP contribution in [0.4, 0.5) is 4.39 Å². The summed E-state index contributed by atoms with van der Waals surface area (Å²) in [5.74, 6) is 0.0994. The number of rotatable bonds is 6. The van der Waals surface area contributed by atoms with Crippen molar-refractivity contribution in [1.82, 2.24) is 0 Å². The second-order valence-electron chi connectivity index (χ2n) is 3.32. The Labute approximate surface area is 100 Å². The van der Waals surface area contributed by atoms with E-state index in [1.54, 1.807) is 12.3 Å². The van der Waals surface area contributed by atoms with Crippen LogP contribution in [-0.2, 0) is 9.47 Å². The van der Waals surface area contributed by atoms with E-state index in [9.17, 15) is 4.39 Å². The molecule has 0 aliphatic rings. The standard InChI is InChI=1S/C12H16FNO3/c1-15-11-5-9(4-10(13)6-11)7-14-8-12(16-2)17-3/h4-7,12H,8H2,1-3H3/b14-7+. The fraction of sp³-hybridized carbons (Fsp3) is 0.417. The molecule has 0 fully saturated rings. The predicted octanol–water partition coefficient (Wildman–Crippen LogP) is 1.87. The molecule has 0 heterocycles. The van der Waals surface area contributed by atoms with Gasteiger partial charge in [0.15, 0.2) is 6.29 Å². The van der Waals surface area contributed by atoms with Crippen molar-refractivity contribution < 1.29 is 18.6 Å². The van der Waals surface area contributed by atoms with E-state index in [1.807, 2.05) is 0 Å². The van der Waals surface area contributed by atoms with Crippen molar-refractivity contribution in [2.75, 3.05) is 27.9 Å². The minimum Gasteiger partial charge on any atom is -0.497 e. The van der Waals surface area contributed by atoms with Crippen LogP contribution < -0.4 is 4.74 Å². The van der Waals surface area contributed by atoms with E-state index in [1.165, 1.54) is 33.5 Å². The topological polar surface area (TPSA) is 40.0 Å². The van der Waals surface area contributed by atoms with Crippen molar-refractivity contribution in [3.63, 3.8) is 0 Å². The average Bonchev–Trinajstić information content (AvgIpc) is 2.34. The lowest BCUT2D eigenvalue weighted by atomic mass is 10.2. The van der Waals surface area contributed by atoms with Crippen LogP contribution in [0, 0.1) is 5.82 Å². The molecule has 0 atom stereocenters. The van der Waals surface area contributed by atoms with Crippen LogP contribution >= 0.6 is 0 Å². The van der Waals surface area contributed by atoms with Gasteiger partial charge in [0, 0.05) is 26.5 Å². The Morgan fingerprint density at radius 2 is 1.94 bits per heavy atom. The number of nitrogens with zero attached hydrogens (tertiary/aromatic N) is 1. The average molecular weight is 241 g/mol. The summed E-state index contributed by atoms with van der Waals surface area (Å²) in [7, 11) is 4.56. The van der Waals surface area contributed by atoms with Gasteiger partial charge in [-0.15, -0.1) is 0 Å². The van der Waals surface area contributed by atoms with Gasteiger partial charge in [0.05, 0.1) is 13.7 Å². The van der Waals surface area contributed by atoms with Gasteiger partial charge in [-0.1, -0.05) is 0 Å². The molecule has 0 aliphatic heterocycles. The molecule has 1 aromatic carbocycles. The molecular formula is C12H16FNO3. The zero-order valence-electron chi connectivity index (χ0n) is 10.1. The summed E-state index contributed by atoms with van der Waals surface area (Å²) >= 11 is 0. The smallest absolute Gasteiger partial charge is 0.176 e. The number of hydrogen-bond acceptors (Lipinski definition) is 4. The molecule has 0 bridgehead atoms. The number of ether oxygens (including phenoxy) is 3. The highest BCUT2D eigenvalue weighted by Gasteiger charge is 2.02. The molecule has 4 nitrogen and oxygen atoms in total. The van der Waals surface area contributed by atoms with Crippen LogP contribution in [-0.4, -0.2) is 40.4 Å². The molecule has 0 amide bonds. The molecule has 0 saturated heterocycles. The maximum absolute atomic E-state index is 13.1. The summed E-state index contributed by atoms with van der Waals surface area (Å²) in [6.45, 7) is 0.353. The van der Waals surface area contributed by atoms with E-state index < -0.39 is 0 Å². The first-order valence-corrected chi connectivity index (χ1v) is 5.09. The number of hydrogen-bond donors (Lipinski definition) is 0. The lowest BCUT2D eigenvalue weighted by molar-refractivity contribution is -0.0936. The zero-order valence-corrected chi connectivity index (χ0v) is 10.1. The van der Waals surface area contributed by atoms with Gasteiger partial charge in [-0.25, -0.2) is 4.39 Å². The second-order valence-corrected chi connectivity index (χ2v) is 3.32. The van der Waals surface area contributed by atoms with E-state index in [0.29, 0.717) is 17.9 Å². The third-order valence-electron chi connectivity index (χ3n) is 2.15. The van der Waals surface area contributed by atoms with Gasteiger partial charge >= 0.3 is 0 Å². The molecule has 94 valence electrons. The van der Waals surface area contributed by atoms with E-state index >= 15 is 0 Å². The normalized spacial score (nSPS) is 11.4. The van der Waals surface area contributed by atoms with Crippen LogP contribution in [0.5, 0.6) is 5.75 Å². The minimum atomic E-state index is -0.387. The van der Waals surface area contributed by atoms with Crippen molar-refractivity contribution in [3.05, 3.63) is 29.6 Å². The Kier molecular flexibility index (Phi) is 5.59. The molecule has 0 aliphatic carbocycles. The van der Waals surface area contributed by atoms with Gasteiger partial charge in [-0.05, 0) is 17.7 Å². The molecular weight excluding hydrogens is 225 g/mol. The molecule has 0 unspecified atom stereocenters. The van der Waals surface area contributed by atoms with Crippen LogP contribution in [0.2, 0.25) is 0 Å². The highest BCUT2D eigenvalue weighted by atomic mass is 19.1. The molecule has 0 saturated carbocycles. The predicted molar refractivity (Wildman–Crippen MR) is 63.2 cm³/mol. The quantitative estimate of drug-likeness (QED) is 0.564. The van der Waals surface area contributed by atoms with E-state index in [-0.39, 0.29) is 12.1 Å². The lowest BCUT2D eigenvalue weighted by Gasteiger charge is -2.09. The van der Waals surface area contributed by atoms with Gasteiger partial charge in [0.1, 0.15) is 11.6 Å². The van der Waals surface area contributed by atoms with Gasteiger partial charge in [-0.3, -0.25) is 4.99 Å². The molecule has 0 aromatic heterocycles. The fourth-order valence-electron chi connectivity index (χ4n) is 1.27. The third-order valence-corrected chi connectivity index (χ3v) is 2.15. The maximum Gasteiger partial charge on any atom is 0.176 e. The van der Waals surface area contributed by atoms with E-state index in [2.05, 4.69) is 4.99 Å². The number of methoxy groups -OCH3 is 3. The van der Waals surface area contributed by atoms with Crippen LogP contribution in [0.25, 0.3) is 0 Å². The summed E-state index contributed by atoms with van der Waals surface area (Å²) in [6.07, 6.45) is 1.16. The Morgan fingerprint density at radius 1 is 1.24 bits per heavy atom. The van der Waals surface area contributed by atoms with E-state index in [4.69, 9.17) is 14.2 Å². The zero-order chi connectivity index (χ0) is 12.7. The van der Waals surface area contributed by atoms with Gasteiger partial charge in [-0.2, -0.15) is 0 Å². The number of halogens is 1. The third kappa shape index (κ3) is 4.50. The molecule has 0 radical (unpaired) electrons. The van der Waals surface area contributed by atoms with Crippen molar-refractivity contribution in [3.8, 4) is 5.75 Å². The van der Waals surface area contributed by atoms with Gasteiger partial charge in [0.2, 0.25) is 0 Å². The summed E-state index contributed by atoms with van der Waals surface area (Å²) in [4.78, 5) is 4.10. The van der Waals surface area contributed by atoms with Crippen LogP contribution in [0.15, 0.2) is 23.2 Å². The summed E-state index contributed by atoms with van der Waals surface area (Å²) in [6, 6.07) is 4.38. The van der Waals surface area contributed by atoms with Gasteiger partial charge < -0.3 is 14.2 Å². The Morgan fingerprint density at radius 3 is 2.53 bits per heavy atom. The maximum atomic E-state index is 13.1. The molecule has 1 aromatic rings. The summed E-state index contributed by atoms with van der Waals surface area (Å²) in [5, 5.41) is 0. The SMILES string of the molecule is COc1cc(F)cc(/C=N/CC(OC)OC)c1. The largest absolute Gasteiger partial charge is 0.497 e. The van der Waals surface area contributed by atoms with Crippen LogP contribution in [0.1, 0.15) is 5.56 Å². The summed E-state index contributed by atoms with van der Waals surface area (Å²) < 4.78 is 28.0. The highest BCUT2D eigenvalue weighted by Crippen LogP contribution is 2.14. The lowest BCUT2D eigenvalue weighted by Crippen LogP contribution is -2.16. The molecule has 17 heavy (non-hydrogen) atoms. The monoisotopic (exact) mass is 241 g/mol. The summed E-state index contributed by atoms with van der Waals surface area (Å²) in [5.41, 5.74) is 0.632. The molecule has 5 heteroatoms. The number of aliphatic imine (C=N–C) groups is 1. The second kappa shape index (κ2) is 6.98. The van der Waals surface area contributed by atoms with Crippen molar-refractivity contribution in [1.29, 1.82) is 0 Å². The van der Waals surface area contributed by atoms with Crippen molar-refractivity contribution >= 4 is 6.21 Å². The Balaban J connectivity index is 2.67. The van der Waals surface area contributed by atoms with Crippen molar-refractivity contribution in [2.24, 2.45) is 4.99 Å². The Bertz CT molecular complexity index is 378. The first kappa shape index (κ1) is 13.6. The van der Waals surface area contributed by atoms with E-state index in [0.717, 1.165) is 0 Å². The molecule has 0 spiro atoms. The number of benzene rings is 1. The minimum absolute atomic E-state index is 0.353. The van der Waals surface area contributed by atoms with Crippen molar-refractivity contribution in [2.45, 2.75) is 6.29 Å². The fourth-order valence-corrected chi connectivity index (χ4v) is 1.27. The first-order chi connectivity index (χ1) is 8.19. The highest BCUT2D eigenvalue weighted by molar-refractivity contribution is 5.80. The van der Waals surface area contributed by atoms with Gasteiger partial charge in [0.25, 0.3) is 0 Å². The van der Waals surface area contributed by atoms with Crippen LogP contribution in [0.3, 0.4) is 0 Å². The Hall–Kier alpha value is -1.46.